The average molecular weight is 344 g/mol. The van der Waals surface area contributed by atoms with Crippen LogP contribution in [-0.4, -0.2) is 5.91 Å². The zero-order chi connectivity index (χ0) is 16.2. The Morgan fingerprint density at radius 1 is 1.00 bits per heavy atom. The van der Waals surface area contributed by atoms with Gasteiger partial charge in [0.25, 0.3) is 5.91 Å². The summed E-state index contributed by atoms with van der Waals surface area (Å²) in [4.78, 5) is 12.0. The molecule has 0 radical (unpaired) electrons. The summed E-state index contributed by atoms with van der Waals surface area (Å²) >= 11 is 11.9. The lowest BCUT2D eigenvalue weighted by molar-refractivity contribution is -0.110. The number of unbranched alkanes of at least 4 members (excludes halogenated alkanes) is 1. The smallest absolute Gasteiger partial charge is 0.256 e. The van der Waals surface area contributed by atoms with E-state index in [-0.39, 0.29) is 5.91 Å². The van der Waals surface area contributed by atoms with Gasteiger partial charge in [0, 0.05) is 21.2 Å². The molecule has 1 aliphatic rings. The van der Waals surface area contributed by atoms with E-state index in [1.165, 1.54) is 0 Å². The van der Waals surface area contributed by atoms with E-state index in [9.17, 15) is 4.79 Å². The van der Waals surface area contributed by atoms with Gasteiger partial charge in [0.05, 0.1) is 5.69 Å². The first-order chi connectivity index (χ1) is 11.1. The van der Waals surface area contributed by atoms with Crippen molar-refractivity contribution >= 4 is 46.4 Å². The van der Waals surface area contributed by atoms with Crippen LogP contribution >= 0.6 is 23.2 Å². The first-order valence-electron chi connectivity index (χ1n) is 7.37. The highest BCUT2D eigenvalue weighted by atomic mass is 35.5. The fraction of sp³-hybridized carbons (Fsp3) is 0.105. The Morgan fingerprint density at radius 3 is 2.65 bits per heavy atom. The topological polar surface area (TPSA) is 29.1 Å². The van der Waals surface area contributed by atoms with E-state index in [2.05, 4.69) is 11.4 Å². The van der Waals surface area contributed by atoms with E-state index in [1.807, 2.05) is 42.5 Å². The highest BCUT2D eigenvalue weighted by molar-refractivity contribution is 6.34. The molecule has 116 valence electrons. The summed E-state index contributed by atoms with van der Waals surface area (Å²) < 4.78 is 0. The van der Waals surface area contributed by atoms with Crippen LogP contribution < -0.4 is 5.32 Å². The van der Waals surface area contributed by atoms with Crippen LogP contribution in [-0.2, 0) is 4.79 Å². The highest BCUT2D eigenvalue weighted by Crippen LogP contribution is 2.34. The van der Waals surface area contributed by atoms with Crippen molar-refractivity contribution in [1.82, 2.24) is 0 Å². The second-order valence-electron chi connectivity index (χ2n) is 5.30. The van der Waals surface area contributed by atoms with Crippen molar-refractivity contribution in [2.75, 3.05) is 5.32 Å². The second-order valence-corrected chi connectivity index (χ2v) is 6.17. The third-order valence-corrected chi connectivity index (χ3v) is 4.08. The number of fused-ring (bicyclic) bond motifs is 1. The second kappa shape index (κ2) is 7.03. The number of halogens is 2. The number of amides is 1. The number of allylic oxidation sites excluding steroid dienone is 2. The molecule has 0 saturated heterocycles. The Bertz CT molecular complexity index is 809. The van der Waals surface area contributed by atoms with Crippen molar-refractivity contribution in [1.29, 1.82) is 0 Å². The molecule has 0 atom stereocenters. The molecule has 2 aromatic rings. The summed E-state index contributed by atoms with van der Waals surface area (Å²) in [5, 5.41) is 4.19. The normalized spacial score (nSPS) is 15.2. The molecule has 1 N–H and O–H groups in total. The fourth-order valence-corrected chi connectivity index (χ4v) is 2.89. The molecule has 3 rings (SSSR count). The zero-order valence-corrected chi connectivity index (χ0v) is 13.9. The first-order valence-corrected chi connectivity index (χ1v) is 8.12. The van der Waals surface area contributed by atoms with Gasteiger partial charge in [-0.3, -0.25) is 4.79 Å². The van der Waals surface area contributed by atoms with Crippen molar-refractivity contribution in [2.24, 2.45) is 0 Å². The molecule has 0 aliphatic carbocycles. The Hall–Kier alpha value is -2.03. The molecular formula is C19H15Cl2NO. The predicted octanol–water partition coefficient (Wildman–Crippen LogP) is 5.82. The molecule has 1 heterocycles. The van der Waals surface area contributed by atoms with E-state index in [4.69, 9.17) is 23.2 Å². The molecule has 1 amide bonds. The maximum atomic E-state index is 12.0. The molecule has 1 aliphatic heterocycles. The van der Waals surface area contributed by atoms with Crippen molar-refractivity contribution in [3.8, 4) is 0 Å². The largest absolute Gasteiger partial charge is 0.321 e. The molecule has 0 fully saturated rings. The van der Waals surface area contributed by atoms with E-state index in [0.29, 0.717) is 10.6 Å². The van der Waals surface area contributed by atoms with Gasteiger partial charge in [-0.25, -0.2) is 0 Å². The maximum Gasteiger partial charge on any atom is 0.256 e. The molecule has 0 spiro atoms. The SMILES string of the molecule is O=C1Nc2cc(Cl)ccc2C1=CCCC=Cc1cccc(Cl)c1. The van der Waals surface area contributed by atoms with Crippen molar-refractivity contribution < 1.29 is 4.79 Å². The average Bonchev–Trinajstić information content (AvgIpc) is 2.82. The van der Waals surface area contributed by atoms with Crippen molar-refractivity contribution in [2.45, 2.75) is 12.8 Å². The minimum Gasteiger partial charge on any atom is -0.321 e. The maximum absolute atomic E-state index is 12.0. The molecule has 23 heavy (non-hydrogen) atoms. The van der Waals surface area contributed by atoms with Crippen LogP contribution in [0.15, 0.2) is 54.6 Å². The number of hydrogen-bond donors (Lipinski definition) is 1. The number of benzene rings is 2. The molecular weight excluding hydrogens is 329 g/mol. The summed E-state index contributed by atoms with van der Waals surface area (Å²) in [7, 11) is 0. The van der Waals surface area contributed by atoms with Gasteiger partial charge in [0.1, 0.15) is 0 Å². The minimum atomic E-state index is -0.0684. The molecule has 2 nitrogen and oxygen atoms in total. The van der Waals surface area contributed by atoms with Crippen LogP contribution in [0.5, 0.6) is 0 Å². The lowest BCUT2D eigenvalue weighted by Crippen LogP contribution is -2.03. The van der Waals surface area contributed by atoms with Gasteiger partial charge in [0.15, 0.2) is 0 Å². The lowest BCUT2D eigenvalue weighted by atomic mass is 10.1. The summed E-state index contributed by atoms with van der Waals surface area (Å²) in [6, 6.07) is 13.2. The van der Waals surface area contributed by atoms with Gasteiger partial charge in [-0.15, -0.1) is 0 Å². The molecule has 0 aromatic heterocycles. The summed E-state index contributed by atoms with van der Waals surface area (Å²) in [5.74, 6) is -0.0684. The van der Waals surface area contributed by atoms with Crippen LogP contribution in [0.2, 0.25) is 10.0 Å². The van der Waals surface area contributed by atoms with E-state index >= 15 is 0 Å². The fourth-order valence-electron chi connectivity index (χ4n) is 2.52. The Balaban J connectivity index is 1.64. The van der Waals surface area contributed by atoms with Gasteiger partial charge < -0.3 is 5.32 Å². The van der Waals surface area contributed by atoms with Gasteiger partial charge in [0.2, 0.25) is 0 Å². The van der Waals surface area contributed by atoms with Gasteiger partial charge >= 0.3 is 0 Å². The quantitative estimate of drug-likeness (QED) is 0.549. The van der Waals surface area contributed by atoms with Crippen LogP contribution in [0.25, 0.3) is 11.6 Å². The molecule has 0 bridgehead atoms. The van der Waals surface area contributed by atoms with Gasteiger partial charge in [-0.1, -0.05) is 59.6 Å². The van der Waals surface area contributed by atoms with Crippen LogP contribution in [0, 0.1) is 0 Å². The predicted molar refractivity (Wildman–Crippen MR) is 97.8 cm³/mol. The highest BCUT2D eigenvalue weighted by Gasteiger charge is 2.23. The van der Waals surface area contributed by atoms with Crippen molar-refractivity contribution in [3.05, 3.63) is 75.8 Å². The first kappa shape index (κ1) is 15.9. The Labute approximate surface area is 145 Å². The third kappa shape index (κ3) is 3.84. The molecule has 0 saturated carbocycles. The van der Waals surface area contributed by atoms with Crippen molar-refractivity contribution in [3.63, 3.8) is 0 Å². The Kier molecular flexibility index (Phi) is 4.85. The summed E-state index contributed by atoms with van der Waals surface area (Å²) in [5.41, 5.74) is 3.48. The number of rotatable bonds is 4. The molecule has 2 aromatic carbocycles. The summed E-state index contributed by atoms with van der Waals surface area (Å²) in [6.07, 6.45) is 7.73. The van der Waals surface area contributed by atoms with E-state index < -0.39 is 0 Å². The number of nitrogens with one attached hydrogen (secondary N) is 1. The third-order valence-electron chi connectivity index (χ3n) is 3.61. The Morgan fingerprint density at radius 2 is 1.83 bits per heavy atom. The number of anilines is 1. The minimum absolute atomic E-state index is 0.0684. The molecule has 0 unspecified atom stereocenters. The van der Waals surface area contributed by atoms with Crippen LogP contribution in [0.4, 0.5) is 5.69 Å². The van der Waals surface area contributed by atoms with Crippen LogP contribution in [0.3, 0.4) is 0 Å². The van der Waals surface area contributed by atoms with Gasteiger partial charge in [-0.05, 0) is 42.7 Å². The zero-order valence-electron chi connectivity index (χ0n) is 12.4. The van der Waals surface area contributed by atoms with E-state index in [0.717, 1.165) is 34.7 Å². The number of hydrogen-bond acceptors (Lipinski definition) is 1. The summed E-state index contributed by atoms with van der Waals surface area (Å²) in [6.45, 7) is 0. The number of carbonyl (C=O) groups is 1. The standard InChI is InChI=1S/C19H15Cl2NO/c20-14-7-4-6-13(11-14)5-2-1-3-8-17-16-10-9-15(21)12-18(16)22-19(17)23/h2,4-12H,1,3H2,(H,22,23). The van der Waals surface area contributed by atoms with Gasteiger partial charge in [-0.2, -0.15) is 0 Å². The van der Waals surface area contributed by atoms with Crippen LogP contribution in [0.1, 0.15) is 24.0 Å². The number of carbonyl (C=O) groups excluding carboxylic acids is 1. The molecule has 4 heteroatoms. The van der Waals surface area contributed by atoms with E-state index in [1.54, 1.807) is 12.1 Å². The monoisotopic (exact) mass is 343 g/mol. The lowest BCUT2D eigenvalue weighted by Gasteiger charge is -1.98.